The molecule has 0 bridgehead atoms. The SMILES string of the molecule is CS(=O)(=O)c1cccc2[nH]c(-c3cc(N)n[nH]3)nc12. The van der Waals surface area contributed by atoms with Crippen molar-refractivity contribution in [3.8, 4) is 11.5 Å². The molecule has 0 radical (unpaired) electrons. The summed E-state index contributed by atoms with van der Waals surface area (Å²) in [6.45, 7) is 0. The number of hydrogen-bond donors (Lipinski definition) is 3. The maximum absolute atomic E-state index is 11.7. The Morgan fingerprint density at radius 2 is 2.11 bits per heavy atom. The minimum absolute atomic E-state index is 0.194. The highest BCUT2D eigenvalue weighted by Gasteiger charge is 2.16. The third-order valence-electron chi connectivity index (χ3n) is 2.73. The number of aromatic nitrogens is 4. The van der Waals surface area contributed by atoms with E-state index in [-0.39, 0.29) is 4.90 Å². The number of anilines is 1. The standard InChI is InChI=1S/C11H11N5O2S/c1-19(17,18)8-4-2-3-6-10(8)14-11(13-6)7-5-9(12)16-15-7/h2-5H,1H3,(H,13,14)(H3,12,15,16). The van der Waals surface area contributed by atoms with Crippen LogP contribution in [0.15, 0.2) is 29.2 Å². The average molecular weight is 277 g/mol. The first kappa shape index (κ1) is 11.7. The number of fused-ring (bicyclic) bond motifs is 1. The minimum Gasteiger partial charge on any atom is -0.382 e. The number of benzene rings is 1. The van der Waals surface area contributed by atoms with E-state index in [0.717, 1.165) is 6.26 Å². The quantitative estimate of drug-likeness (QED) is 0.644. The molecular formula is C11H11N5O2S. The zero-order valence-electron chi connectivity index (χ0n) is 10.0. The summed E-state index contributed by atoms with van der Waals surface area (Å²) < 4.78 is 23.4. The molecule has 0 atom stereocenters. The number of rotatable bonds is 2. The van der Waals surface area contributed by atoms with Gasteiger partial charge in [0.1, 0.15) is 17.0 Å². The van der Waals surface area contributed by atoms with Crippen LogP contribution in [0.2, 0.25) is 0 Å². The van der Waals surface area contributed by atoms with Gasteiger partial charge in [-0.05, 0) is 12.1 Å². The van der Waals surface area contributed by atoms with Gasteiger partial charge >= 0.3 is 0 Å². The molecule has 3 aromatic rings. The Labute approximate surface area is 108 Å². The van der Waals surface area contributed by atoms with Crippen molar-refractivity contribution in [2.24, 2.45) is 0 Å². The van der Waals surface area contributed by atoms with Gasteiger partial charge in [0, 0.05) is 12.3 Å². The summed E-state index contributed by atoms with van der Waals surface area (Å²) in [6.07, 6.45) is 1.16. The predicted octanol–water partition coefficient (Wildman–Crippen LogP) is 0.939. The molecule has 0 amide bonds. The molecule has 2 heterocycles. The second-order valence-electron chi connectivity index (χ2n) is 4.22. The summed E-state index contributed by atoms with van der Waals surface area (Å²) in [7, 11) is -3.33. The van der Waals surface area contributed by atoms with Crippen molar-refractivity contribution in [2.75, 3.05) is 12.0 Å². The van der Waals surface area contributed by atoms with Crippen molar-refractivity contribution in [2.45, 2.75) is 4.90 Å². The maximum atomic E-state index is 11.7. The molecular weight excluding hydrogens is 266 g/mol. The van der Waals surface area contributed by atoms with E-state index < -0.39 is 9.84 Å². The molecule has 4 N–H and O–H groups in total. The number of H-pyrrole nitrogens is 2. The van der Waals surface area contributed by atoms with Crippen LogP contribution in [0.5, 0.6) is 0 Å². The summed E-state index contributed by atoms with van der Waals surface area (Å²) in [5.74, 6) is 0.842. The van der Waals surface area contributed by atoms with Gasteiger partial charge in [-0.15, -0.1) is 0 Å². The molecule has 0 aliphatic heterocycles. The topological polar surface area (TPSA) is 118 Å². The Hall–Kier alpha value is -2.35. The molecule has 98 valence electrons. The van der Waals surface area contributed by atoms with Crippen LogP contribution in [0, 0.1) is 0 Å². The summed E-state index contributed by atoms with van der Waals surface area (Å²) in [6, 6.07) is 6.59. The molecule has 8 heteroatoms. The van der Waals surface area contributed by atoms with Crippen LogP contribution < -0.4 is 5.73 Å². The maximum Gasteiger partial charge on any atom is 0.177 e. The van der Waals surface area contributed by atoms with Crippen molar-refractivity contribution < 1.29 is 8.42 Å². The van der Waals surface area contributed by atoms with Gasteiger partial charge in [-0.1, -0.05) is 6.07 Å². The third kappa shape index (κ3) is 1.95. The average Bonchev–Trinajstić information content (AvgIpc) is 2.92. The lowest BCUT2D eigenvalue weighted by Crippen LogP contribution is -1.97. The van der Waals surface area contributed by atoms with E-state index in [1.807, 2.05) is 0 Å². The lowest BCUT2D eigenvalue weighted by Gasteiger charge is -1.97. The lowest BCUT2D eigenvalue weighted by molar-refractivity contribution is 0.602. The van der Waals surface area contributed by atoms with Crippen molar-refractivity contribution >= 4 is 26.7 Å². The Balaban J connectivity index is 2.27. The normalized spacial score (nSPS) is 12.1. The van der Waals surface area contributed by atoms with E-state index in [2.05, 4.69) is 20.2 Å². The van der Waals surface area contributed by atoms with Crippen LogP contribution in [0.3, 0.4) is 0 Å². The Morgan fingerprint density at radius 3 is 2.74 bits per heavy atom. The summed E-state index contributed by atoms with van der Waals surface area (Å²) in [5, 5.41) is 6.53. The zero-order valence-corrected chi connectivity index (χ0v) is 10.8. The molecule has 0 aliphatic rings. The second kappa shape index (κ2) is 3.82. The van der Waals surface area contributed by atoms with Crippen molar-refractivity contribution in [1.29, 1.82) is 0 Å². The molecule has 19 heavy (non-hydrogen) atoms. The molecule has 7 nitrogen and oxygen atoms in total. The molecule has 2 aromatic heterocycles. The molecule has 0 aliphatic carbocycles. The monoisotopic (exact) mass is 277 g/mol. The van der Waals surface area contributed by atoms with Gasteiger partial charge in [0.25, 0.3) is 0 Å². The fraction of sp³-hybridized carbons (Fsp3) is 0.0909. The molecule has 0 spiro atoms. The van der Waals surface area contributed by atoms with Gasteiger partial charge in [-0.2, -0.15) is 5.10 Å². The van der Waals surface area contributed by atoms with E-state index in [9.17, 15) is 8.42 Å². The van der Waals surface area contributed by atoms with Gasteiger partial charge in [0.2, 0.25) is 0 Å². The van der Waals surface area contributed by atoms with Crippen LogP contribution >= 0.6 is 0 Å². The van der Waals surface area contributed by atoms with Crippen LogP contribution in [-0.2, 0) is 9.84 Å². The predicted molar refractivity (Wildman–Crippen MR) is 71.2 cm³/mol. The van der Waals surface area contributed by atoms with E-state index >= 15 is 0 Å². The van der Waals surface area contributed by atoms with Crippen molar-refractivity contribution in [3.05, 3.63) is 24.3 Å². The molecule has 0 unspecified atom stereocenters. The Bertz CT molecular complexity index is 862. The number of sulfone groups is 1. The van der Waals surface area contributed by atoms with Crippen molar-refractivity contribution in [3.63, 3.8) is 0 Å². The fourth-order valence-corrected chi connectivity index (χ4v) is 2.72. The lowest BCUT2D eigenvalue weighted by atomic mass is 10.3. The van der Waals surface area contributed by atoms with Crippen LogP contribution in [-0.4, -0.2) is 34.8 Å². The van der Waals surface area contributed by atoms with Gasteiger partial charge in [0.15, 0.2) is 15.7 Å². The zero-order chi connectivity index (χ0) is 13.6. The summed E-state index contributed by atoms with van der Waals surface area (Å²) >= 11 is 0. The van der Waals surface area contributed by atoms with Gasteiger partial charge < -0.3 is 10.7 Å². The van der Waals surface area contributed by atoms with Crippen molar-refractivity contribution in [1.82, 2.24) is 20.2 Å². The van der Waals surface area contributed by atoms with Gasteiger partial charge in [-0.3, -0.25) is 5.10 Å². The number of para-hydroxylation sites is 1. The second-order valence-corrected chi connectivity index (χ2v) is 6.20. The number of hydrogen-bond acceptors (Lipinski definition) is 5. The fourth-order valence-electron chi connectivity index (χ4n) is 1.89. The number of nitrogen functional groups attached to an aromatic ring is 1. The highest BCUT2D eigenvalue weighted by molar-refractivity contribution is 7.91. The number of nitrogens with two attached hydrogens (primary N) is 1. The molecule has 0 saturated heterocycles. The van der Waals surface area contributed by atoms with E-state index in [4.69, 9.17) is 5.73 Å². The minimum atomic E-state index is -3.33. The third-order valence-corrected chi connectivity index (χ3v) is 3.86. The Morgan fingerprint density at radius 1 is 1.32 bits per heavy atom. The van der Waals surface area contributed by atoms with Crippen LogP contribution in [0.25, 0.3) is 22.6 Å². The number of nitrogens with zero attached hydrogens (tertiary/aromatic N) is 2. The van der Waals surface area contributed by atoms with Crippen LogP contribution in [0.1, 0.15) is 0 Å². The van der Waals surface area contributed by atoms with E-state index in [1.165, 1.54) is 6.07 Å². The Kier molecular flexibility index (Phi) is 2.36. The first-order chi connectivity index (χ1) is 8.95. The first-order valence-electron chi connectivity index (χ1n) is 5.45. The van der Waals surface area contributed by atoms with Gasteiger partial charge in [-0.25, -0.2) is 13.4 Å². The van der Waals surface area contributed by atoms with Gasteiger partial charge in [0.05, 0.1) is 10.4 Å². The summed E-state index contributed by atoms with van der Waals surface area (Å²) in [4.78, 5) is 7.53. The van der Waals surface area contributed by atoms with E-state index in [1.54, 1.807) is 18.2 Å². The smallest absolute Gasteiger partial charge is 0.177 e. The highest BCUT2D eigenvalue weighted by atomic mass is 32.2. The molecule has 0 saturated carbocycles. The van der Waals surface area contributed by atoms with Crippen LogP contribution in [0.4, 0.5) is 5.82 Å². The highest BCUT2D eigenvalue weighted by Crippen LogP contribution is 2.24. The summed E-state index contributed by atoms with van der Waals surface area (Å²) in [5.41, 5.74) is 7.19. The number of imidazole rings is 1. The number of nitrogens with one attached hydrogen (secondary N) is 2. The number of aromatic amines is 2. The first-order valence-corrected chi connectivity index (χ1v) is 7.34. The molecule has 1 aromatic carbocycles. The molecule has 0 fully saturated rings. The molecule has 3 rings (SSSR count). The largest absolute Gasteiger partial charge is 0.382 e. The van der Waals surface area contributed by atoms with E-state index in [0.29, 0.717) is 28.4 Å².